The Labute approximate surface area is 204 Å². The molecule has 1 atom stereocenters. The molecule has 0 aliphatic carbocycles. The first-order valence-corrected chi connectivity index (χ1v) is 11.4. The van der Waals surface area contributed by atoms with Gasteiger partial charge in [-0.3, -0.25) is 9.63 Å². The second kappa shape index (κ2) is 12.2. The molecule has 176 valence electrons. The van der Waals surface area contributed by atoms with Gasteiger partial charge in [0.25, 0.3) is 0 Å². The van der Waals surface area contributed by atoms with E-state index in [-0.39, 0.29) is 18.6 Å². The molecule has 0 unspecified atom stereocenters. The number of benzene rings is 4. The van der Waals surface area contributed by atoms with Gasteiger partial charge >= 0.3 is 6.03 Å². The number of hydrogen-bond donors (Lipinski definition) is 3. The van der Waals surface area contributed by atoms with Gasteiger partial charge in [0.15, 0.2) is 0 Å². The number of nitrogens with one attached hydrogen (secondary N) is 3. The van der Waals surface area contributed by atoms with Crippen molar-refractivity contribution >= 4 is 11.9 Å². The zero-order chi connectivity index (χ0) is 24.3. The average molecular weight is 466 g/mol. The van der Waals surface area contributed by atoms with Crippen molar-refractivity contribution in [1.29, 1.82) is 0 Å². The third-order valence-electron chi connectivity index (χ3n) is 5.47. The lowest BCUT2D eigenvalue weighted by Gasteiger charge is -2.24. The summed E-state index contributed by atoms with van der Waals surface area (Å²) in [5.74, 6) is -0.341. The summed E-state index contributed by atoms with van der Waals surface area (Å²) in [5.41, 5.74) is 5.82. The molecule has 4 aromatic rings. The molecule has 3 amide bonds. The first-order valence-electron chi connectivity index (χ1n) is 11.4. The monoisotopic (exact) mass is 465 g/mol. The second-order valence-electron chi connectivity index (χ2n) is 7.96. The maximum absolute atomic E-state index is 13.5. The first kappa shape index (κ1) is 23.7. The van der Waals surface area contributed by atoms with E-state index < -0.39 is 12.1 Å². The molecule has 6 heteroatoms. The van der Waals surface area contributed by atoms with E-state index in [1.807, 2.05) is 109 Å². The zero-order valence-corrected chi connectivity index (χ0v) is 19.1. The van der Waals surface area contributed by atoms with Crippen LogP contribution in [0.5, 0.6) is 0 Å². The number of amides is 3. The van der Waals surface area contributed by atoms with Crippen molar-refractivity contribution in [3.8, 4) is 0 Å². The van der Waals surface area contributed by atoms with Gasteiger partial charge in [-0.2, -0.15) is 0 Å². The zero-order valence-electron chi connectivity index (χ0n) is 19.1. The first-order chi connectivity index (χ1) is 17.2. The van der Waals surface area contributed by atoms with Crippen LogP contribution in [0.1, 0.15) is 34.3 Å². The largest absolute Gasteiger partial charge is 0.343 e. The molecule has 0 fully saturated rings. The molecule has 4 aromatic carbocycles. The van der Waals surface area contributed by atoms with E-state index in [0.717, 1.165) is 16.7 Å². The third kappa shape index (κ3) is 6.79. The number of hydroxylamine groups is 1. The Morgan fingerprint density at radius 1 is 0.600 bits per heavy atom. The van der Waals surface area contributed by atoms with Gasteiger partial charge in [0, 0.05) is 0 Å². The van der Waals surface area contributed by atoms with E-state index in [9.17, 15) is 9.59 Å². The summed E-state index contributed by atoms with van der Waals surface area (Å²) in [7, 11) is 0. The molecule has 0 aliphatic rings. The predicted octanol–water partition coefficient (Wildman–Crippen LogP) is 5.06. The Balaban J connectivity index is 1.49. The van der Waals surface area contributed by atoms with Crippen LogP contribution in [-0.2, 0) is 16.2 Å². The Morgan fingerprint density at radius 3 is 1.57 bits per heavy atom. The van der Waals surface area contributed by atoms with Crippen LogP contribution in [0.15, 0.2) is 121 Å². The quantitative estimate of drug-likeness (QED) is 0.302. The summed E-state index contributed by atoms with van der Waals surface area (Å²) in [5, 5.41) is 5.85. The highest BCUT2D eigenvalue weighted by atomic mass is 16.7. The molecule has 0 aromatic heterocycles. The van der Waals surface area contributed by atoms with Crippen molar-refractivity contribution in [2.75, 3.05) is 0 Å². The van der Waals surface area contributed by atoms with E-state index in [4.69, 9.17) is 4.84 Å². The number of hydrogen-bond acceptors (Lipinski definition) is 3. The molecule has 0 heterocycles. The van der Waals surface area contributed by atoms with E-state index in [2.05, 4.69) is 16.1 Å². The van der Waals surface area contributed by atoms with Gasteiger partial charge < -0.3 is 10.6 Å². The maximum atomic E-state index is 13.5. The number of carbonyl (C=O) groups is 2. The molecule has 0 saturated carbocycles. The minimum Gasteiger partial charge on any atom is -0.343 e. The summed E-state index contributed by atoms with van der Waals surface area (Å²) < 4.78 is 0. The molecule has 6 nitrogen and oxygen atoms in total. The van der Waals surface area contributed by atoms with E-state index in [0.29, 0.717) is 5.56 Å². The Hall–Kier alpha value is -4.42. The molecule has 0 bridgehead atoms. The standard InChI is InChI=1S/C29H27N3O3/c33-28(30-26(23-15-7-2-8-16-23)24-17-9-3-10-18-24)27(25-19-11-4-12-20-25)31-29(34)32-35-21-22-13-5-1-6-14-22/h1-20,26-27H,21H2,(H,30,33)(H2,31,32,34)/t27-/m1/s1. The minimum absolute atomic E-state index is 0.209. The van der Waals surface area contributed by atoms with Crippen LogP contribution in [0.2, 0.25) is 0 Å². The van der Waals surface area contributed by atoms with Crippen molar-refractivity contribution in [2.45, 2.75) is 18.7 Å². The summed E-state index contributed by atoms with van der Waals surface area (Å²) in [4.78, 5) is 31.5. The normalized spacial score (nSPS) is 11.5. The van der Waals surface area contributed by atoms with Gasteiger partial charge in [-0.05, 0) is 22.3 Å². The molecule has 0 radical (unpaired) electrons. The van der Waals surface area contributed by atoms with Crippen molar-refractivity contribution in [2.24, 2.45) is 0 Å². The van der Waals surface area contributed by atoms with Crippen LogP contribution in [0, 0.1) is 0 Å². The molecular weight excluding hydrogens is 438 g/mol. The van der Waals surface area contributed by atoms with Crippen LogP contribution in [0.25, 0.3) is 0 Å². The lowest BCUT2D eigenvalue weighted by atomic mass is 9.97. The lowest BCUT2D eigenvalue weighted by molar-refractivity contribution is -0.123. The number of carbonyl (C=O) groups excluding carboxylic acids is 2. The highest BCUT2D eigenvalue weighted by Crippen LogP contribution is 2.23. The summed E-state index contributed by atoms with van der Waals surface area (Å²) in [6.07, 6.45) is 0. The van der Waals surface area contributed by atoms with Gasteiger partial charge in [-0.25, -0.2) is 10.3 Å². The van der Waals surface area contributed by atoms with Gasteiger partial charge in [0.2, 0.25) is 5.91 Å². The van der Waals surface area contributed by atoms with Crippen molar-refractivity contribution in [3.63, 3.8) is 0 Å². The summed E-state index contributed by atoms with van der Waals surface area (Å²) >= 11 is 0. The fourth-order valence-corrected chi connectivity index (χ4v) is 3.74. The lowest BCUT2D eigenvalue weighted by Crippen LogP contribution is -2.45. The van der Waals surface area contributed by atoms with Crippen molar-refractivity contribution in [3.05, 3.63) is 144 Å². The smallest absolute Gasteiger partial charge is 0.339 e. The molecular formula is C29H27N3O3. The fourth-order valence-electron chi connectivity index (χ4n) is 3.74. The minimum atomic E-state index is -0.925. The van der Waals surface area contributed by atoms with E-state index >= 15 is 0 Å². The van der Waals surface area contributed by atoms with E-state index in [1.165, 1.54) is 0 Å². The number of rotatable bonds is 9. The molecule has 0 saturated heterocycles. The van der Waals surface area contributed by atoms with Crippen molar-refractivity contribution < 1.29 is 14.4 Å². The molecule has 0 spiro atoms. The molecule has 4 rings (SSSR count). The van der Waals surface area contributed by atoms with Crippen LogP contribution < -0.4 is 16.1 Å². The fraction of sp³-hybridized carbons (Fsp3) is 0.103. The SMILES string of the molecule is O=C(NOCc1ccccc1)N[C@@H](C(=O)NC(c1ccccc1)c1ccccc1)c1ccccc1. The summed E-state index contributed by atoms with van der Waals surface area (Å²) in [6.45, 7) is 0.209. The Kier molecular flexibility index (Phi) is 8.24. The Bertz CT molecular complexity index is 1160. The average Bonchev–Trinajstić information content (AvgIpc) is 2.92. The van der Waals surface area contributed by atoms with Crippen LogP contribution in [-0.4, -0.2) is 11.9 Å². The summed E-state index contributed by atoms with van der Waals surface area (Å²) in [6, 6.07) is 36.1. The van der Waals surface area contributed by atoms with Crippen LogP contribution in [0.3, 0.4) is 0 Å². The second-order valence-corrected chi connectivity index (χ2v) is 7.96. The topological polar surface area (TPSA) is 79.5 Å². The maximum Gasteiger partial charge on any atom is 0.339 e. The van der Waals surface area contributed by atoms with Gasteiger partial charge in [-0.15, -0.1) is 0 Å². The van der Waals surface area contributed by atoms with Crippen molar-refractivity contribution in [1.82, 2.24) is 16.1 Å². The molecule has 0 aliphatic heterocycles. The Morgan fingerprint density at radius 2 is 1.06 bits per heavy atom. The van der Waals surface area contributed by atoms with Crippen LogP contribution >= 0.6 is 0 Å². The van der Waals surface area contributed by atoms with E-state index in [1.54, 1.807) is 12.1 Å². The highest BCUT2D eigenvalue weighted by molar-refractivity contribution is 5.88. The van der Waals surface area contributed by atoms with Crippen LogP contribution in [0.4, 0.5) is 4.79 Å². The molecule has 35 heavy (non-hydrogen) atoms. The molecule has 3 N–H and O–H groups in total. The third-order valence-corrected chi connectivity index (χ3v) is 5.47. The number of urea groups is 1. The highest BCUT2D eigenvalue weighted by Gasteiger charge is 2.26. The van der Waals surface area contributed by atoms with Gasteiger partial charge in [0.05, 0.1) is 12.6 Å². The van der Waals surface area contributed by atoms with Gasteiger partial charge in [-0.1, -0.05) is 121 Å². The predicted molar refractivity (Wildman–Crippen MR) is 135 cm³/mol. The van der Waals surface area contributed by atoms with Gasteiger partial charge in [0.1, 0.15) is 6.04 Å².